The Morgan fingerprint density at radius 3 is 2.64 bits per heavy atom. The first-order chi connectivity index (χ1) is 5.24. The predicted octanol–water partition coefficient (Wildman–Crippen LogP) is -1.15. The minimum absolute atomic E-state index is 0.203. The number of aromatic carboxylic acids is 1. The first-order valence-corrected chi connectivity index (χ1v) is 2.81. The number of carbonyl (C=O) groups excluding carboxylic acids is 1. The van der Waals surface area contributed by atoms with E-state index < -0.39 is 5.97 Å². The van der Waals surface area contributed by atoms with Gasteiger partial charge in [-0.3, -0.25) is 0 Å². The van der Waals surface area contributed by atoms with Gasteiger partial charge in [-0.2, -0.15) is 0 Å². The highest BCUT2D eigenvalue weighted by molar-refractivity contribution is 5.82. The maximum absolute atomic E-state index is 10.1. The van der Waals surface area contributed by atoms with Crippen molar-refractivity contribution in [3.8, 4) is 5.88 Å². The molecule has 1 aromatic heterocycles. The number of carboxylic acids is 1. The molecular formula is C6H5N2O3-. The summed E-state index contributed by atoms with van der Waals surface area (Å²) in [6.45, 7) is 0. The lowest BCUT2D eigenvalue weighted by molar-refractivity contribution is -0.255. The molecule has 5 heteroatoms. The van der Waals surface area contributed by atoms with Crippen LogP contribution in [0.25, 0.3) is 0 Å². The monoisotopic (exact) mass is 153 g/mol. The molecule has 0 bridgehead atoms. The molecule has 5 nitrogen and oxygen atoms in total. The lowest BCUT2D eigenvalue weighted by atomic mass is 10.5. The van der Waals surface area contributed by atoms with Crippen molar-refractivity contribution in [1.29, 1.82) is 0 Å². The average molecular weight is 153 g/mol. The van der Waals surface area contributed by atoms with E-state index in [1.807, 2.05) is 0 Å². The molecule has 1 aromatic rings. The number of ether oxygens (including phenoxy) is 1. The largest absolute Gasteiger partial charge is 0.543 e. The van der Waals surface area contributed by atoms with Crippen molar-refractivity contribution in [2.75, 3.05) is 7.11 Å². The summed E-state index contributed by atoms with van der Waals surface area (Å²) in [6.07, 6.45) is 2.29. The zero-order valence-corrected chi connectivity index (χ0v) is 5.77. The number of hydrogen-bond acceptors (Lipinski definition) is 5. The van der Waals surface area contributed by atoms with Crippen LogP contribution in [0.15, 0.2) is 12.4 Å². The van der Waals surface area contributed by atoms with Gasteiger partial charge >= 0.3 is 0 Å². The van der Waals surface area contributed by atoms with Crippen LogP contribution in [0.1, 0.15) is 10.5 Å². The molecule has 0 aromatic carbocycles. The van der Waals surface area contributed by atoms with Gasteiger partial charge in [0.15, 0.2) is 0 Å². The van der Waals surface area contributed by atoms with E-state index in [1.165, 1.54) is 13.3 Å². The fraction of sp³-hybridized carbons (Fsp3) is 0.167. The Bertz CT molecular complexity index is 257. The Hall–Kier alpha value is -1.65. The number of hydrogen-bond donors (Lipinski definition) is 0. The van der Waals surface area contributed by atoms with Crippen LogP contribution >= 0.6 is 0 Å². The summed E-state index contributed by atoms with van der Waals surface area (Å²) in [7, 11) is 1.42. The third-order valence-corrected chi connectivity index (χ3v) is 1.05. The van der Waals surface area contributed by atoms with Crippen molar-refractivity contribution < 1.29 is 14.6 Å². The third-order valence-electron chi connectivity index (χ3n) is 1.05. The van der Waals surface area contributed by atoms with Crippen molar-refractivity contribution in [2.45, 2.75) is 0 Å². The SMILES string of the molecule is COc1cnc(C(=O)[O-])cn1. The summed E-state index contributed by atoms with van der Waals surface area (Å²) < 4.78 is 4.66. The average Bonchev–Trinajstić information content (AvgIpc) is 2.05. The molecule has 0 amide bonds. The van der Waals surface area contributed by atoms with Gasteiger partial charge in [-0.25, -0.2) is 9.97 Å². The maximum atomic E-state index is 10.1. The van der Waals surface area contributed by atoms with Crippen LogP contribution in [0.3, 0.4) is 0 Å². The van der Waals surface area contributed by atoms with Gasteiger partial charge in [0.25, 0.3) is 0 Å². The zero-order chi connectivity index (χ0) is 8.27. The van der Waals surface area contributed by atoms with E-state index in [0.717, 1.165) is 6.20 Å². The van der Waals surface area contributed by atoms with E-state index >= 15 is 0 Å². The number of carbonyl (C=O) groups is 1. The van der Waals surface area contributed by atoms with Crippen molar-refractivity contribution in [3.63, 3.8) is 0 Å². The Morgan fingerprint density at radius 1 is 1.55 bits per heavy atom. The molecule has 11 heavy (non-hydrogen) atoms. The Kier molecular flexibility index (Phi) is 2.00. The van der Waals surface area contributed by atoms with Crippen LogP contribution in [0.2, 0.25) is 0 Å². The van der Waals surface area contributed by atoms with Crippen LogP contribution in [0.5, 0.6) is 5.88 Å². The van der Waals surface area contributed by atoms with E-state index in [9.17, 15) is 9.90 Å². The number of aromatic nitrogens is 2. The zero-order valence-electron chi connectivity index (χ0n) is 5.77. The van der Waals surface area contributed by atoms with Crippen molar-refractivity contribution in [3.05, 3.63) is 18.1 Å². The van der Waals surface area contributed by atoms with Gasteiger partial charge in [0.1, 0.15) is 5.69 Å². The van der Waals surface area contributed by atoms with E-state index in [1.54, 1.807) is 0 Å². The quantitative estimate of drug-likeness (QED) is 0.536. The third kappa shape index (κ3) is 1.64. The molecular weight excluding hydrogens is 148 g/mol. The van der Waals surface area contributed by atoms with Crippen molar-refractivity contribution in [1.82, 2.24) is 9.97 Å². The molecule has 0 spiro atoms. The normalized spacial score (nSPS) is 9.18. The van der Waals surface area contributed by atoms with E-state index in [4.69, 9.17) is 0 Å². The molecule has 58 valence electrons. The topological polar surface area (TPSA) is 75.1 Å². The first kappa shape index (κ1) is 7.46. The minimum atomic E-state index is -1.35. The highest BCUT2D eigenvalue weighted by Crippen LogP contribution is 2.00. The summed E-state index contributed by atoms with van der Waals surface area (Å²) >= 11 is 0. The van der Waals surface area contributed by atoms with Gasteiger partial charge in [0.05, 0.1) is 25.5 Å². The first-order valence-electron chi connectivity index (χ1n) is 2.81. The minimum Gasteiger partial charge on any atom is -0.543 e. The number of carboxylic acid groups (broad SMARTS) is 1. The molecule has 0 saturated heterocycles. The van der Waals surface area contributed by atoms with Gasteiger partial charge in [0, 0.05) is 0 Å². The van der Waals surface area contributed by atoms with Gasteiger partial charge in [0.2, 0.25) is 5.88 Å². The second-order valence-corrected chi connectivity index (χ2v) is 1.73. The summed E-state index contributed by atoms with van der Waals surface area (Å²) in [6, 6.07) is 0. The highest BCUT2D eigenvalue weighted by Gasteiger charge is 1.95. The lowest BCUT2D eigenvalue weighted by Gasteiger charge is -2.00. The second-order valence-electron chi connectivity index (χ2n) is 1.73. The summed E-state index contributed by atoms with van der Waals surface area (Å²) in [5.74, 6) is -1.07. The van der Waals surface area contributed by atoms with Crippen LogP contribution < -0.4 is 9.84 Å². The van der Waals surface area contributed by atoms with Gasteiger partial charge in [-0.1, -0.05) is 0 Å². The summed E-state index contributed by atoms with van der Waals surface area (Å²) in [4.78, 5) is 17.3. The Morgan fingerprint density at radius 2 is 2.27 bits per heavy atom. The highest BCUT2D eigenvalue weighted by atomic mass is 16.5. The Labute approximate surface area is 62.7 Å². The van der Waals surface area contributed by atoms with E-state index in [2.05, 4.69) is 14.7 Å². The van der Waals surface area contributed by atoms with Crippen molar-refractivity contribution >= 4 is 5.97 Å². The smallest absolute Gasteiger partial charge is 0.232 e. The molecule has 0 N–H and O–H groups in total. The van der Waals surface area contributed by atoms with E-state index in [0.29, 0.717) is 0 Å². The maximum Gasteiger partial charge on any atom is 0.232 e. The fourth-order valence-corrected chi connectivity index (χ4v) is 0.527. The van der Waals surface area contributed by atoms with Gasteiger partial charge in [-0.15, -0.1) is 0 Å². The molecule has 1 rings (SSSR count). The standard InChI is InChI=1S/C6H6N2O3/c1-11-5-3-7-4(2-8-5)6(9)10/h2-3H,1H3,(H,9,10)/p-1. The van der Waals surface area contributed by atoms with Crippen LogP contribution in [-0.4, -0.2) is 23.0 Å². The van der Waals surface area contributed by atoms with Crippen LogP contribution in [0, 0.1) is 0 Å². The molecule has 0 aliphatic heterocycles. The van der Waals surface area contributed by atoms with Crippen LogP contribution in [-0.2, 0) is 0 Å². The summed E-state index contributed by atoms with van der Waals surface area (Å²) in [5.41, 5.74) is -0.203. The molecule has 1 heterocycles. The molecule has 0 fully saturated rings. The molecule has 0 aliphatic carbocycles. The number of nitrogens with zero attached hydrogens (tertiary/aromatic N) is 2. The summed E-state index contributed by atoms with van der Waals surface area (Å²) in [5, 5.41) is 10.1. The second kappa shape index (κ2) is 2.96. The Balaban J connectivity index is 2.91. The lowest BCUT2D eigenvalue weighted by Crippen LogP contribution is -2.23. The molecule has 0 saturated carbocycles. The number of rotatable bonds is 2. The molecule has 0 unspecified atom stereocenters. The van der Waals surface area contributed by atoms with Gasteiger partial charge in [-0.05, 0) is 0 Å². The van der Waals surface area contributed by atoms with Gasteiger partial charge < -0.3 is 14.6 Å². The number of methoxy groups -OCH3 is 1. The van der Waals surface area contributed by atoms with E-state index in [-0.39, 0.29) is 11.6 Å². The molecule has 0 aliphatic rings. The molecule has 0 radical (unpaired) electrons. The molecule has 0 atom stereocenters. The predicted molar refractivity (Wildman–Crippen MR) is 32.9 cm³/mol. The fourth-order valence-electron chi connectivity index (χ4n) is 0.527. The van der Waals surface area contributed by atoms with Crippen molar-refractivity contribution in [2.24, 2.45) is 0 Å². The van der Waals surface area contributed by atoms with Crippen LogP contribution in [0.4, 0.5) is 0 Å².